The Morgan fingerprint density at radius 2 is 2.00 bits per heavy atom. The van der Waals surface area contributed by atoms with Gasteiger partial charge in [0.2, 0.25) is 0 Å². The second kappa shape index (κ2) is 8.36. The highest BCUT2D eigenvalue weighted by atomic mass is 35.5. The molecule has 0 radical (unpaired) electrons. The lowest BCUT2D eigenvalue weighted by Gasteiger charge is -2.19. The molecule has 0 saturated carbocycles. The molecule has 0 amide bonds. The van der Waals surface area contributed by atoms with Crippen LogP contribution in [0.5, 0.6) is 5.75 Å². The number of rotatable bonds is 7. The van der Waals surface area contributed by atoms with Crippen LogP contribution in [0.2, 0.25) is 5.02 Å². The molecular weight excluding hydrogens is 268 g/mol. The van der Waals surface area contributed by atoms with Gasteiger partial charge >= 0.3 is 0 Å². The number of hydrogen-bond donors (Lipinski definition) is 0. The van der Waals surface area contributed by atoms with Crippen LogP contribution in [0.3, 0.4) is 0 Å². The van der Waals surface area contributed by atoms with Crippen molar-refractivity contribution in [2.45, 2.75) is 53.9 Å². The first-order valence-electron chi connectivity index (χ1n) is 7.59. The fourth-order valence-electron chi connectivity index (χ4n) is 2.33. The Hall–Kier alpha value is -0.950. The van der Waals surface area contributed by atoms with Crippen LogP contribution in [0, 0.1) is 19.8 Å². The Morgan fingerprint density at radius 3 is 2.60 bits per heavy atom. The number of hydrogen-bond acceptors (Lipinski definition) is 1. The van der Waals surface area contributed by atoms with Crippen LogP contribution in [-0.4, -0.2) is 6.61 Å². The number of allylic oxidation sites excluding steroid dienone is 2. The maximum atomic E-state index is 6.34. The molecule has 112 valence electrons. The second-order valence-electron chi connectivity index (χ2n) is 5.47. The minimum Gasteiger partial charge on any atom is -0.493 e. The van der Waals surface area contributed by atoms with Crippen molar-refractivity contribution >= 4 is 11.6 Å². The van der Waals surface area contributed by atoms with Gasteiger partial charge in [0, 0.05) is 5.02 Å². The smallest absolute Gasteiger partial charge is 0.125 e. The molecule has 0 fully saturated rings. The summed E-state index contributed by atoms with van der Waals surface area (Å²) in [6.07, 6.45) is 7.58. The minimum atomic E-state index is 0.496. The molecule has 0 bridgehead atoms. The van der Waals surface area contributed by atoms with Crippen molar-refractivity contribution in [1.29, 1.82) is 0 Å². The summed E-state index contributed by atoms with van der Waals surface area (Å²) in [6, 6.07) is 2.01. The van der Waals surface area contributed by atoms with Crippen LogP contribution in [0.4, 0.5) is 0 Å². The van der Waals surface area contributed by atoms with Gasteiger partial charge < -0.3 is 4.74 Å². The van der Waals surface area contributed by atoms with Gasteiger partial charge in [0.1, 0.15) is 5.75 Å². The minimum absolute atomic E-state index is 0.496. The molecule has 1 atom stereocenters. The molecule has 0 saturated heterocycles. The average Bonchev–Trinajstić information content (AvgIpc) is 2.41. The third-order valence-corrected chi connectivity index (χ3v) is 3.86. The zero-order valence-corrected chi connectivity index (χ0v) is 14.2. The van der Waals surface area contributed by atoms with Crippen LogP contribution in [-0.2, 0) is 6.42 Å². The number of benzene rings is 1. The Labute approximate surface area is 129 Å². The van der Waals surface area contributed by atoms with Crippen molar-refractivity contribution in [2.75, 3.05) is 6.61 Å². The highest BCUT2D eigenvalue weighted by Crippen LogP contribution is 2.34. The van der Waals surface area contributed by atoms with Crippen LogP contribution in [0.15, 0.2) is 18.2 Å². The average molecular weight is 295 g/mol. The van der Waals surface area contributed by atoms with Crippen LogP contribution in [0.1, 0.15) is 50.3 Å². The topological polar surface area (TPSA) is 9.23 Å². The van der Waals surface area contributed by atoms with Gasteiger partial charge in [-0.2, -0.15) is 0 Å². The van der Waals surface area contributed by atoms with Gasteiger partial charge in [0.25, 0.3) is 0 Å². The monoisotopic (exact) mass is 294 g/mol. The van der Waals surface area contributed by atoms with E-state index in [0.717, 1.165) is 47.8 Å². The normalized spacial score (nSPS) is 12.9. The van der Waals surface area contributed by atoms with Gasteiger partial charge in [0.05, 0.1) is 6.61 Å². The van der Waals surface area contributed by atoms with Crippen LogP contribution >= 0.6 is 11.6 Å². The SMILES string of the molecule is CC/C=C\C(C)Cc1c(C)c(Cl)cc(C)c1OCCC. The van der Waals surface area contributed by atoms with E-state index in [1.54, 1.807) is 0 Å². The van der Waals surface area contributed by atoms with E-state index in [1.165, 1.54) is 5.56 Å². The molecule has 0 aliphatic carbocycles. The van der Waals surface area contributed by atoms with E-state index in [4.69, 9.17) is 16.3 Å². The van der Waals surface area contributed by atoms with Gasteiger partial charge in [-0.05, 0) is 61.8 Å². The zero-order valence-electron chi connectivity index (χ0n) is 13.4. The zero-order chi connectivity index (χ0) is 15.1. The van der Waals surface area contributed by atoms with E-state index in [1.807, 2.05) is 6.07 Å². The summed E-state index contributed by atoms with van der Waals surface area (Å²) in [5, 5.41) is 0.841. The van der Waals surface area contributed by atoms with E-state index in [9.17, 15) is 0 Å². The Balaban J connectivity index is 3.09. The van der Waals surface area contributed by atoms with E-state index in [-0.39, 0.29) is 0 Å². The highest BCUT2D eigenvalue weighted by molar-refractivity contribution is 6.31. The lowest BCUT2D eigenvalue weighted by molar-refractivity contribution is 0.311. The molecule has 1 aromatic carbocycles. The first-order chi connectivity index (χ1) is 9.51. The summed E-state index contributed by atoms with van der Waals surface area (Å²) < 4.78 is 5.98. The van der Waals surface area contributed by atoms with E-state index in [0.29, 0.717) is 5.92 Å². The number of aryl methyl sites for hydroxylation is 1. The summed E-state index contributed by atoms with van der Waals surface area (Å²) in [5.74, 6) is 1.53. The summed E-state index contributed by atoms with van der Waals surface area (Å²) >= 11 is 6.34. The molecule has 1 rings (SSSR count). The van der Waals surface area contributed by atoms with E-state index >= 15 is 0 Å². The molecular formula is C18H27ClO. The van der Waals surface area contributed by atoms with Gasteiger partial charge in [-0.25, -0.2) is 0 Å². The molecule has 20 heavy (non-hydrogen) atoms. The molecule has 1 aromatic rings. The highest BCUT2D eigenvalue weighted by Gasteiger charge is 2.15. The van der Waals surface area contributed by atoms with Gasteiger partial charge in [0.15, 0.2) is 0 Å². The van der Waals surface area contributed by atoms with Crippen molar-refractivity contribution in [3.63, 3.8) is 0 Å². The van der Waals surface area contributed by atoms with Crippen LogP contribution < -0.4 is 4.74 Å². The first kappa shape index (κ1) is 17.1. The van der Waals surface area contributed by atoms with Crippen molar-refractivity contribution in [1.82, 2.24) is 0 Å². The predicted molar refractivity (Wildman–Crippen MR) is 89.0 cm³/mol. The molecule has 0 aliphatic rings. The molecule has 1 nitrogen and oxygen atoms in total. The van der Waals surface area contributed by atoms with Crippen molar-refractivity contribution in [2.24, 2.45) is 5.92 Å². The maximum Gasteiger partial charge on any atom is 0.125 e. The van der Waals surface area contributed by atoms with Crippen LogP contribution in [0.25, 0.3) is 0 Å². The Kier molecular flexibility index (Phi) is 7.15. The molecule has 0 aliphatic heterocycles. The summed E-state index contributed by atoms with van der Waals surface area (Å²) in [7, 11) is 0. The predicted octanol–water partition coefficient (Wildman–Crippen LogP) is 5.89. The molecule has 0 spiro atoms. The fraction of sp³-hybridized carbons (Fsp3) is 0.556. The number of ether oxygens (including phenoxy) is 1. The lowest BCUT2D eigenvalue weighted by atomic mass is 9.94. The molecule has 0 heterocycles. The summed E-state index contributed by atoms with van der Waals surface area (Å²) in [5.41, 5.74) is 3.55. The lowest BCUT2D eigenvalue weighted by Crippen LogP contribution is -2.06. The standard InChI is InChI=1S/C18H27ClO/c1-6-8-9-13(3)11-16-15(5)17(19)12-14(4)18(16)20-10-7-2/h8-9,12-13H,6-7,10-11H2,1-5H3/b9-8-. The van der Waals surface area contributed by atoms with E-state index in [2.05, 4.69) is 46.8 Å². The van der Waals surface area contributed by atoms with Gasteiger partial charge in [-0.3, -0.25) is 0 Å². The molecule has 2 heteroatoms. The summed E-state index contributed by atoms with van der Waals surface area (Å²) in [4.78, 5) is 0. The number of halogens is 1. The largest absolute Gasteiger partial charge is 0.493 e. The Bertz CT molecular complexity index is 463. The first-order valence-corrected chi connectivity index (χ1v) is 7.97. The maximum absolute atomic E-state index is 6.34. The Morgan fingerprint density at radius 1 is 1.30 bits per heavy atom. The fourth-order valence-corrected chi connectivity index (χ4v) is 2.60. The van der Waals surface area contributed by atoms with Gasteiger partial charge in [-0.15, -0.1) is 0 Å². The van der Waals surface area contributed by atoms with Crippen molar-refractivity contribution in [3.8, 4) is 5.75 Å². The third kappa shape index (κ3) is 4.56. The van der Waals surface area contributed by atoms with E-state index < -0.39 is 0 Å². The molecule has 0 aromatic heterocycles. The van der Waals surface area contributed by atoms with Gasteiger partial charge in [-0.1, -0.05) is 44.5 Å². The van der Waals surface area contributed by atoms with Crippen molar-refractivity contribution in [3.05, 3.63) is 39.9 Å². The quantitative estimate of drug-likeness (QED) is 0.570. The second-order valence-corrected chi connectivity index (χ2v) is 5.88. The third-order valence-electron chi connectivity index (χ3n) is 3.46. The molecule has 0 N–H and O–H groups in total. The molecule has 1 unspecified atom stereocenters. The van der Waals surface area contributed by atoms with Crippen molar-refractivity contribution < 1.29 is 4.74 Å². The summed E-state index contributed by atoms with van der Waals surface area (Å²) in [6.45, 7) is 11.5.